The van der Waals surface area contributed by atoms with Crippen LogP contribution in [0.3, 0.4) is 0 Å². The molecule has 0 fully saturated rings. The van der Waals surface area contributed by atoms with E-state index in [4.69, 9.17) is 17.3 Å². The molecule has 19 heavy (non-hydrogen) atoms. The van der Waals surface area contributed by atoms with Gasteiger partial charge in [0.15, 0.2) is 0 Å². The van der Waals surface area contributed by atoms with E-state index in [-0.39, 0.29) is 36.3 Å². The van der Waals surface area contributed by atoms with Gasteiger partial charge in [0.2, 0.25) is 5.91 Å². The average Bonchev–Trinajstić information content (AvgIpc) is 2.73. The van der Waals surface area contributed by atoms with Crippen LogP contribution in [0.25, 0.3) is 0 Å². The fourth-order valence-corrected chi connectivity index (χ4v) is 2.58. The van der Waals surface area contributed by atoms with Crippen molar-refractivity contribution < 1.29 is 4.79 Å². The van der Waals surface area contributed by atoms with E-state index in [2.05, 4.69) is 5.32 Å². The van der Waals surface area contributed by atoms with Crippen LogP contribution in [0.2, 0.25) is 5.02 Å². The van der Waals surface area contributed by atoms with Crippen molar-refractivity contribution in [3.63, 3.8) is 0 Å². The van der Waals surface area contributed by atoms with Crippen molar-refractivity contribution in [2.45, 2.75) is 38.8 Å². The molecule has 3 unspecified atom stereocenters. The monoisotopic (exact) mass is 302 g/mol. The summed E-state index contributed by atoms with van der Waals surface area (Å²) in [5, 5.41) is 3.86. The second-order valence-corrected chi connectivity index (χ2v) is 5.46. The largest absolute Gasteiger partial charge is 0.349 e. The molecule has 1 aliphatic carbocycles. The van der Waals surface area contributed by atoms with Crippen LogP contribution in [-0.2, 0) is 11.2 Å². The molecular weight excluding hydrogens is 283 g/mol. The number of fused-ring (bicyclic) bond motifs is 1. The zero-order chi connectivity index (χ0) is 13.3. The number of carbonyl (C=O) groups is 1. The van der Waals surface area contributed by atoms with E-state index >= 15 is 0 Å². The highest BCUT2D eigenvalue weighted by Crippen LogP contribution is 2.35. The van der Waals surface area contributed by atoms with Crippen LogP contribution in [0.15, 0.2) is 18.2 Å². The first-order valence-corrected chi connectivity index (χ1v) is 6.71. The Kier molecular flexibility index (Phi) is 5.65. The molecule has 1 amide bonds. The van der Waals surface area contributed by atoms with E-state index in [9.17, 15) is 4.79 Å². The van der Waals surface area contributed by atoms with Crippen LogP contribution >= 0.6 is 24.0 Å². The minimum absolute atomic E-state index is 0. The Morgan fingerprint density at radius 3 is 2.79 bits per heavy atom. The highest BCUT2D eigenvalue weighted by Gasteiger charge is 2.27. The lowest BCUT2D eigenvalue weighted by Gasteiger charge is -2.20. The molecule has 0 saturated heterocycles. The third-order valence-corrected chi connectivity index (χ3v) is 4.09. The number of nitrogens with two attached hydrogens (primary N) is 1. The molecule has 5 heteroatoms. The number of carbonyl (C=O) groups excluding carboxylic acids is 1. The predicted molar refractivity (Wildman–Crippen MR) is 80.7 cm³/mol. The highest BCUT2D eigenvalue weighted by atomic mass is 35.5. The van der Waals surface area contributed by atoms with Gasteiger partial charge < -0.3 is 11.1 Å². The molecule has 0 heterocycles. The van der Waals surface area contributed by atoms with Crippen molar-refractivity contribution in [2.24, 2.45) is 11.7 Å². The molecule has 1 aromatic carbocycles. The number of hydrogen-bond donors (Lipinski definition) is 2. The van der Waals surface area contributed by atoms with Crippen molar-refractivity contribution >= 4 is 29.9 Å². The summed E-state index contributed by atoms with van der Waals surface area (Å²) in [6.07, 6.45) is 1.84. The van der Waals surface area contributed by atoms with Gasteiger partial charge in [-0.3, -0.25) is 4.79 Å². The van der Waals surface area contributed by atoms with Gasteiger partial charge in [-0.1, -0.05) is 30.7 Å². The second-order valence-electron chi connectivity index (χ2n) is 5.06. The molecule has 0 saturated carbocycles. The lowest BCUT2D eigenvalue weighted by Crippen LogP contribution is -2.39. The van der Waals surface area contributed by atoms with Crippen molar-refractivity contribution in [1.82, 2.24) is 5.32 Å². The lowest BCUT2D eigenvalue weighted by molar-refractivity contribution is -0.125. The summed E-state index contributed by atoms with van der Waals surface area (Å²) in [5.41, 5.74) is 8.06. The molecule has 3 N–H and O–H groups in total. The Bertz CT molecular complexity index is 463. The maximum atomic E-state index is 12.0. The topological polar surface area (TPSA) is 55.1 Å². The quantitative estimate of drug-likeness (QED) is 0.902. The van der Waals surface area contributed by atoms with Crippen molar-refractivity contribution in [2.75, 3.05) is 0 Å². The number of rotatable bonds is 3. The number of halogens is 2. The lowest BCUT2D eigenvalue weighted by atomic mass is 10.0. The average molecular weight is 303 g/mol. The van der Waals surface area contributed by atoms with Gasteiger partial charge in [0, 0.05) is 17.0 Å². The van der Waals surface area contributed by atoms with Crippen LogP contribution in [0.4, 0.5) is 0 Å². The third-order valence-electron chi connectivity index (χ3n) is 3.73. The normalized spacial score (nSPS) is 20.1. The molecule has 1 aromatic rings. The third kappa shape index (κ3) is 3.41. The van der Waals surface area contributed by atoms with Crippen molar-refractivity contribution in [1.29, 1.82) is 0 Å². The van der Waals surface area contributed by atoms with E-state index < -0.39 is 0 Å². The highest BCUT2D eigenvalue weighted by molar-refractivity contribution is 6.31. The Hall–Kier alpha value is -0.770. The summed E-state index contributed by atoms with van der Waals surface area (Å²) in [4.78, 5) is 12.0. The van der Waals surface area contributed by atoms with Gasteiger partial charge in [0.05, 0.1) is 6.04 Å². The van der Waals surface area contributed by atoms with Gasteiger partial charge in [-0.15, -0.1) is 12.4 Å². The Morgan fingerprint density at radius 1 is 1.47 bits per heavy atom. The summed E-state index contributed by atoms with van der Waals surface area (Å²) in [6.45, 7) is 3.71. The van der Waals surface area contributed by atoms with Gasteiger partial charge in [-0.25, -0.2) is 0 Å². The number of nitrogens with one attached hydrogen (secondary N) is 1. The SMILES string of the molecule is CC(N)C(C)C(=O)NC1CCc2c(Cl)cccc21.Cl. The summed E-state index contributed by atoms with van der Waals surface area (Å²) < 4.78 is 0. The van der Waals surface area contributed by atoms with E-state index in [1.54, 1.807) is 0 Å². The smallest absolute Gasteiger partial charge is 0.224 e. The Labute approximate surface area is 125 Å². The van der Waals surface area contributed by atoms with E-state index in [1.807, 2.05) is 32.0 Å². The van der Waals surface area contributed by atoms with Crippen molar-refractivity contribution in [3.8, 4) is 0 Å². The maximum absolute atomic E-state index is 12.0. The summed E-state index contributed by atoms with van der Waals surface area (Å²) in [5.74, 6) is -0.156. The zero-order valence-corrected chi connectivity index (χ0v) is 12.7. The first kappa shape index (κ1) is 16.3. The maximum Gasteiger partial charge on any atom is 0.224 e. The zero-order valence-electron chi connectivity index (χ0n) is 11.2. The number of benzene rings is 1. The minimum Gasteiger partial charge on any atom is -0.349 e. The van der Waals surface area contributed by atoms with Crippen LogP contribution in [0.1, 0.15) is 37.4 Å². The molecular formula is C14H20Cl2N2O. The summed E-state index contributed by atoms with van der Waals surface area (Å²) >= 11 is 6.15. The molecule has 0 aliphatic heterocycles. The number of amides is 1. The first-order chi connectivity index (χ1) is 8.50. The Balaban J connectivity index is 0.00000180. The van der Waals surface area contributed by atoms with Crippen LogP contribution in [0, 0.1) is 5.92 Å². The van der Waals surface area contributed by atoms with E-state index in [0.29, 0.717) is 0 Å². The van der Waals surface area contributed by atoms with Crippen LogP contribution in [0.5, 0.6) is 0 Å². The standard InChI is InChI=1S/C14H19ClN2O.ClH/c1-8(9(2)16)14(18)17-13-7-6-10-11(13)4-3-5-12(10)15;/h3-5,8-9,13H,6-7,16H2,1-2H3,(H,17,18);1H. The van der Waals surface area contributed by atoms with Crippen molar-refractivity contribution in [3.05, 3.63) is 34.3 Å². The Morgan fingerprint density at radius 2 is 2.16 bits per heavy atom. The molecule has 0 bridgehead atoms. The first-order valence-electron chi connectivity index (χ1n) is 6.34. The van der Waals surface area contributed by atoms with Gasteiger partial charge in [-0.05, 0) is 37.0 Å². The number of hydrogen-bond acceptors (Lipinski definition) is 2. The van der Waals surface area contributed by atoms with Gasteiger partial charge in [0.25, 0.3) is 0 Å². The second kappa shape index (κ2) is 6.60. The molecule has 2 rings (SSSR count). The fourth-order valence-electron chi connectivity index (χ4n) is 2.30. The van der Waals surface area contributed by atoms with E-state index in [1.165, 1.54) is 0 Å². The van der Waals surface area contributed by atoms with Gasteiger partial charge in [0.1, 0.15) is 0 Å². The van der Waals surface area contributed by atoms with E-state index in [0.717, 1.165) is 29.0 Å². The fraction of sp³-hybridized carbons (Fsp3) is 0.500. The minimum atomic E-state index is -0.173. The summed E-state index contributed by atoms with van der Waals surface area (Å²) in [6, 6.07) is 5.81. The van der Waals surface area contributed by atoms with Crippen LogP contribution in [-0.4, -0.2) is 11.9 Å². The molecule has 0 aromatic heterocycles. The molecule has 0 radical (unpaired) electrons. The molecule has 3 atom stereocenters. The van der Waals surface area contributed by atoms with Gasteiger partial charge in [-0.2, -0.15) is 0 Å². The molecule has 0 spiro atoms. The molecule has 106 valence electrons. The predicted octanol–water partition coefficient (Wildman–Crippen LogP) is 2.85. The summed E-state index contributed by atoms with van der Waals surface area (Å²) in [7, 11) is 0. The molecule has 3 nitrogen and oxygen atoms in total. The van der Waals surface area contributed by atoms with Gasteiger partial charge >= 0.3 is 0 Å². The molecule has 1 aliphatic rings. The van der Waals surface area contributed by atoms with Crippen LogP contribution < -0.4 is 11.1 Å².